The first-order valence-corrected chi connectivity index (χ1v) is 10.7. The third kappa shape index (κ3) is 4.98. The van der Waals surface area contributed by atoms with Crippen molar-refractivity contribution in [2.24, 2.45) is 0 Å². The van der Waals surface area contributed by atoms with Gasteiger partial charge >= 0.3 is 0 Å². The number of thiazole rings is 1. The number of hydrogen-bond donors (Lipinski definition) is 3. The van der Waals surface area contributed by atoms with Gasteiger partial charge in [-0.2, -0.15) is 0 Å². The van der Waals surface area contributed by atoms with Gasteiger partial charge in [0.25, 0.3) is 0 Å². The van der Waals surface area contributed by atoms with Crippen LogP contribution in [0.5, 0.6) is 0 Å². The number of rotatable bonds is 4. The molecule has 0 unspecified atom stereocenters. The number of amides is 1. The molecule has 5 nitrogen and oxygen atoms in total. The largest absolute Gasteiger partial charge is 0.392 e. The molecule has 2 atom stereocenters. The number of nitrogens with one attached hydrogen (secondary N) is 2. The van der Waals surface area contributed by atoms with Crippen LogP contribution in [0.15, 0.2) is 29.8 Å². The summed E-state index contributed by atoms with van der Waals surface area (Å²) in [5, 5.41) is 15.3. The Bertz CT molecular complexity index is 660. The molecule has 0 bridgehead atoms. The van der Waals surface area contributed by atoms with E-state index in [4.69, 9.17) is 0 Å². The van der Waals surface area contributed by atoms with Crippen LogP contribution in [-0.2, 0) is 11.3 Å². The lowest BCUT2D eigenvalue weighted by atomic mass is 10.1. The summed E-state index contributed by atoms with van der Waals surface area (Å²) in [4.78, 5) is 19.4. The van der Waals surface area contributed by atoms with Gasteiger partial charge in [-0.25, -0.2) is 4.98 Å². The minimum absolute atomic E-state index is 0.0565. The van der Waals surface area contributed by atoms with Crippen molar-refractivity contribution in [1.82, 2.24) is 15.6 Å². The van der Waals surface area contributed by atoms with Crippen LogP contribution in [0.3, 0.4) is 0 Å². The van der Waals surface area contributed by atoms with E-state index in [0.29, 0.717) is 19.5 Å². The fourth-order valence-electron chi connectivity index (χ4n) is 2.58. The minimum atomic E-state index is -0.419. The number of nitrogens with zero attached hydrogens (tertiary/aromatic N) is 1. The first-order valence-electron chi connectivity index (χ1n) is 7.70. The molecule has 1 aromatic carbocycles. The molecule has 1 fully saturated rings. The van der Waals surface area contributed by atoms with Crippen molar-refractivity contribution >= 4 is 39.8 Å². The van der Waals surface area contributed by atoms with Crippen LogP contribution in [0, 0.1) is 6.92 Å². The highest BCUT2D eigenvalue weighted by molar-refractivity contribution is 14.1. The van der Waals surface area contributed by atoms with Gasteiger partial charge in [0.2, 0.25) is 5.91 Å². The predicted molar refractivity (Wildman–Crippen MR) is 106 cm³/mol. The molecule has 1 amide bonds. The van der Waals surface area contributed by atoms with Crippen LogP contribution in [0.4, 0.5) is 0 Å². The average molecular weight is 459 g/mol. The first-order chi connectivity index (χ1) is 11.6. The van der Waals surface area contributed by atoms with Crippen LogP contribution in [0.2, 0.25) is 0 Å². The summed E-state index contributed by atoms with van der Waals surface area (Å²) in [5.41, 5.74) is 5.09. The van der Waals surface area contributed by atoms with E-state index in [1.165, 1.54) is 4.88 Å². The van der Waals surface area contributed by atoms with Gasteiger partial charge in [-0.3, -0.25) is 4.79 Å². The van der Waals surface area contributed by atoms with Crippen LogP contribution < -0.4 is 10.6 Å². The summed E-state index contributed by atoms with van der Waals surface area (Å²) in [6.07, 6.45) is 0.0628. The van der Waals surface area contributed by atoms with E-state index in [-0.39, 0.29) is 11.9 Å². The number of aliphatic hydroxyl groups excluding tert-OH is 1. The maximum atomic E-state index is 12.0. The summed E-state index contributed by atoms with van der Waals surface area (Å²) in [5.74, 6) is -0.0565. The molecular formula is C17H22IN3O2S. The van der Waals surface area contributed by atoms with Gasteiger partial charge in [0.15, 0.2) is 0 Å². The molecule has 7 heteroatoms. The number of hydrogen-bond acceptors (Lipinski definition) is 5. The standard InChI is InChI=1S/C16H19N3O2S.CH3I/c1-10-15(22-9-19-10)12-4-2-11(3-5-12)7-18-16(21)14-6-13(20)8-17-14;1-2/h2-5,9,13-14,17,20H,6-8H2,1H3,(H,18,21);1H3/t13-,14+;/m1./s1. The van der Waals surface area contributed by atoms with Crippen molar-refractivity contribution in [2.75, 3.05) is 11.5 Å². The van der Waals surface area contributed by atoms with E-state index in [1.807, 2.05) is 29.5 Å². The van der Waals surface area contributed by atoms with E-state index in [1.54, 1.807) is 11.3 Å². The van der Waals surface area contributed by atoms with Gasteiger partial charge in [-0.1, -0.05) is 46.9 Å². The maximum absolute atomic E-state index is 12.0. The molecule has 0 aliphatic carbocycles. The summed E-state index contributed by atoms with van der Waals surface area (Å²) < 4.78 is 0. The zero-order chi connectivity index (χ0) is 17.5. The summed E-state index contributed by atoms with van der Waals surface area (Å²) in [6.45, 7) is 2.99. The zero-order valence-electron chi connectivity index (χ0n) is 13.8. The minimum Gasteiger partial charge on any atom is -0.392 e. The molecule has 1 aliphatic rings. The van der Waals surface area contributed by atoms with Gasteiger partial charge < -0.3 is 15.7 Å². The Kier molecular flexibility index (Phi) is 7.60. The van der Waals surface area contributed by atoms with Crippen molar-refractivity contribution in [1.29, 1.82) is 0 Å². The quantitative estimate of drug-likeness (QED) is 0.486. The van der Waals surface area contributed by atoms with E-state index in [2.05, 4.69) is 50.3 Å². The normalized spacial score (nSPS) is 19.5. The molecule has 0 saturated carbocycles. The third-order valence-electron chi connectivity index (χ3n) is 3.85. The highest BCUT2D eigenvalue weighted by Gasteiger charge is 2.27. The van der Waals surface area contributed by atoms with Crippen LogP contribution in [-0.4, -0.2) is 39.6 Å². The predicted octanol–water partition coefficient (Wildman–Crippen LogP) is 2.51. The molecule has 3 rings (SSSR count). The molecule has 1 saturated heterocycles. The Hall–Kier alpha value is -1.03. The Morgan fingerprint density at radius 1 is 1.42 bits per heavy atom. The number of aryl methyl sites for hydroxylation is 1. The van der Waals surface area contributed by atoms with Gasteiger partial charge in [0.05, 0.1) is 28.2 Å². The number of benzene rings is 1. The number of β-amino-alcohol motifs (C(OH)–C–C–N with tert-alkyl or cyclic N) is 1. The monoisotopic (exact) mass is 459 g/mol. The van der Waals surface area contributed by atoms with Crippen molar-refractivity contribution in [3.05, 3.63) is 41.0 Å². The lowest BCUT2D eigenvalue weighted by Crippen LogP contribution is -2.39. The molecule has 24 heavy (non-hydrogen) atoms. The van der Waals surface area contributed by atoms with Crippen molar-refractivity contribution in [3.8, 4) is 10.4 Å². The number of alkyl halides is 1. The molecule has 1 aromatic heterocycles. The van der Waals surface area contributed by atoms with Gasteiger partial charge in [-0.15, -0.1) is 11.3 Å². The third-order valence-corrected chi connectivity index (χ3v) is 4.83. The maximum Gasteiger partial charge on any atom is 0.237 e. The molecule has 130 valence electrons. The summed E-state index contributed by atoms with van der Waals surface area (Å²) in [6, 6.07) is 7.87. The Labute approximate surface area is 160 Å². The second-order valence-corrected chi connectivity index (χ2v) is 6.39. The number of halogens is 1. The zero-order valence-corrected chi connectivity index (χ0v) is 16.7. The fourth-order valence-corrected chi connectivity index (χ4v) is 3.39. The van der Waals surface area contributed by atoms with E-state index in [0.717, 1.165) is 16.8 Å². The molecule has 2 heterocycles. The molecule has 1 aliphatic heterocycles. The van der Waals surface area contributed by atoms with Gasteiger partial charge in [-0.05, 0) is 29.4 Å². The highest BCUT2D eigenvalue weighted by Crippen LogP contribution is 2.27. The van der Waals surface area contributed by atoms with Gasteiger partial charge in [0, 0.05) is 13.1 Å². The molecule has 3 N–H and O–H groups in total. The topological polar surface area (TPSA) is 74.2 Å². The molecular weight excluding hydrogens is 437 g/mol. The van der Waals surface area contributed by atoms with E-state index >= 15 is 0 Å². The van der Waals surface area contributed by atoms with E-state index in [9.17, 15) is 9.90 Å². The Morgan fingerprint density at radius 2 is 2.12 bits per heavy atom. The smallest absolute Gasteiger partial charge is 0.237 e. The van der Waals surface area contributed by atoms with Crippen molar-refractivity contribution in [3.63, 3.8) is 0 Å². The SMILES string of the molecule is CI.Cc1ncsc1-c1ccc(CNC(=O)[C@@H]2C[C@@H](O)CN2)cc1. The summed E-state index contributed by atoms with van der Waals surface area (Å²) >= 11 is 3.78. The number of carbonyl (C=O) groups excluding carboxylic acids is 1. The van der Waals surface area contributed by atoms with Crippen molar-refractivity contribution < 1.29 is 9.90 Å². The van der Waals surface area contributed by atoms with Crippen LogP contribution >= 0.6 is 33.9 Å². The number of carbonyl (C=O) groups is 1. The Morgan fingerprint density at radius 3 is 2.67 bits per heavy atom. The first kappa shape index (κ1) is 19.3. The average Bonchev–Trinajstić information content (AvgIpc) is 3.23. The number of aliphatic hydroxyl groups is 1. The Balaban J connectivity index is 0.00000100. The molecule has 0 spiro atoms. The fraction of sp³-hybridized carbons (Fsp3) is 0.412. The van der Waals surface area contributed by atoms with Gasteiger partial charge in [0.1, 0.15) is 0 Å². The second kappa shape index (κ2) is 9.45. The van der Waals surface area contributed by atoms with Crippen molar-refractivity contribution in [2.45, 2.75) is 32.0 Å². The molecule has 0 radical (unpaired) electrons. The van der Waals surface area contributed by atoms with Crippen LogP contribution in [0.1, 0.15) is 17.7 Å². The summed E-state index contributed by atoms with van der Waals surface area (Å²) in [7, 11) is 0. The number of aromatic nitrogens is 1. The molecule has 2 aromatic rings. The lowest BCUT2D eigenvalue weighted by molar-refractivity contribution is -0.123. The second-order valence-electron chi connectivity index (χ2n) is 5.53. The lowest BCUT2D eigenvalue weighted by Gasteiger charge is -2.11. The highest BCUT2D eigenvalue weighted by atomic mass is 127. The van der Waals surface area contributed by atoms with Crippen LogP contribution in [0.25, 0.3) is 10.4 Å². The van der Waals surface area contributed by atoms with E-state index < -0.39 is 6.10 Å².